The number of piperidine rings is 1. The average molecular weight is 487 g/mol. The van der Waals surface area contributed by atoms with E-state index in [1.165, 1.54) is 36.8 Å². The molecule has 11 heteroatoms. The first-order chi connectivity index (χ1) is 16.7. The van der Waals surface area contributed by atoms with Crippen LogP contribution in [-0.2, 0) is 6.42 Å². The van der Waals surface area contributed by atoms with Crippen LogP contribution in [0.5, 0.6) is 5.75 Å². The maximum atomic E-state index is 14.3. The maximum absolute atomic E-state index is 14.3. The van der Waals surface area contributed by atoms with Gasteiger partial charge in [-0.3, -0.25) is 9.36 Å². The van der Waals surface area contributed by atoms with Crippen LogP contribution >= 0.6 is 0 Å². The molecular formula is C24H21F4N5O2. The van der Waals surface area contributed by atoms with E-state index in [1.54, 1.807) is 6.07 Å². The summed E-state index contributed by atoms with van der Waals surface area (Å²) in [6.45, 7) is 8.11. The molecule has 0 amide bonds. The van der Waals surface area contributed by atoms with Gasteiger partial charge in [-0.2, -0.15) is 13.2 Å². The van der Waals surface area contributed by atoms with Gasteiger partial charge in [-0.25, -0.2) is 19.2 Å². The minimum atomic E-state index is -4.22. The minimum absolute atomic E-state index is 0.0479. The quantitative estimate of drug-likeness (QED) is 0.367. The molecule has 0 bridgehead atoms. The van der Waals surface area contributed by atoms with Gasteiger partial charge in [-0.15, -0.1) is 0 Å². The second kappa shape index (κ2) is 10.1. The molecule has 0 radical (unpaired) electrons. The molecule has 182 valence electrons. The number of aryl methyl sites for hydroxylation is 1. The van der Waals surface area contributed by atoms with Crippen LogP contribution in [0, 0.1) is 12.4 Å². The number of nitrogens with zero attached hydrogens (tertiary/aromatic N) is 5. The third kappa shape index (κ3) is 6.15. The monoisotopic (exact) mass is 487 g/mol. The van der Waals surface area contributed by atoms with E-state index >= 15 is 0 Å². The van der Waals surface area contributed by atoms with E-state index in [0.29, 0.717) is 43.2 Å². The van der Waals surface area contributed by atoms with Crippen LogP contribution in [0.3, 0.4) is 0 Å². The average Bonchev–Trinajstić information content (AvgIpc) is 2.84. The first-order valence-corrected chi connectivity index (χ1v) is 10.9. The van der Waals surface area contributed by atoms with Gasteiger partial charge in [0.05, 0.1) is 12.3 Å². The van der Waals surface area contributed by atoms with Gasteiger partial charge >= 0.3 is 6.18 Å². The molecule has 3 heterocycles. The highest BCUT2D eigenvalue weighted by Crippen LogP contribution is 2.24. The van der Waals surface area contributed by atoms with Crippen molar-refractivity contribution in [2.24, 2.45) is 0 Å². The lowest BCUT2D eigenvalue weighted by Gasteiger charge is -2.32. The zero-order chi connectivity index (χ0) is 25.0. The Hall–Kier alpha value is -3.94. The highest BCUT2D eigenvalue weighted by atomic mass is 19.4. The molecule has 0 atom stereocenters. The van der Waals surface area contributed by atoms with Crippen molar-refractivity contribution >= 4 is 11.6 Å². The first-order valence-electron chi connectivity index (χ1n) is 10.9. The highest BCUT2D eigenvalue weighted by molar-refractivity contribution is 5.50. The maximum Gasteiger partial charge on any atom is 0.389 e. The summed E-state index contributed by atoms with van der Waals surface area (Å²) in [7, 11) is 0. The number of aromatic nitrogens is 3. The molecule has 35 heavy (non-hydrogen) atoms. The van der Waals surface area contributed by atoms with E-state index in [1.807, 2.05) is 4.90 Å². The predicted molar refractivity (Wildman–Crippen MR) is 121 cm³/mol. The van der Waals surface area contributed by atoms with E-state index in [9.17, 15) is 22.4 Å². The molecule has 1 aromatic carbocycles. The molecule has 0 spiro atoms. The van der Waals surface area contributed by atoms with Gasteiger partial charge in [0, 0.05) is 57.0 Å². The van der Waals surface area contributed by atoms with Crippen LogP contribution in [0.1, 0.15) is 24.8 Å². The van der Waals surface area contributed by atoms with Gasteiger partial charge in [0.1, 0.15) is 17.7 Å². The van der Waals surface area contributed by atoms with E-state index in [2.05, 4.69) is 14.8 Å². The standard InChI is InChI=1S/C24H21F4N5O2/c1-29-17-2-3-21(20(25)12-17)33-11-7-19(13-22(33)34)35-18-5-9-32(10-6-18)23-30-14-16(15-31-23)4-8-24(26,27)28/h2-3,7,11-15,18H,4-6,8-10H2. The Morgan fingerprint density at radius 1 is 1.11 bits per heavy atom. The second-order valence-electron chi connectivity index (χ2n) is 8.13. The van der Waals surface area contributed by atoms with Crippen molar-refractivity contribution < 1.29 is 22.3 Å². The zero-order valence-electron chi connectivity index (χ0n) is 18.5. The Balaban J connectivity index is 1.33. The van der Waals surface area contributed by atoms with Gasteiger partial charge in [-0.1, -0.05) is 6.07 Å². The van der Waals surface area contributed by atoms with Gasteiger partial charge < -0.3 is 9.64 Å². The van der Waals surface area contributed by atoms with Crippen LogP contribution in [0.4, 0.5) is 29.2 Å². The molecule has 3 aromatic rings. The van der Waals surface area contributed by atoms with Gasteiger partial charge in [0.25, 0.3) is 5.56 Å². The second-order valence-corrected chi connectivity index (χ2v) is 8.13. The molecule has 1 saturated heterocycles. The molecule has 4 rings (SSSR count). The third-order valence-corrected chi connectivity index (χ3v) is 5.63. The first kappa shape index (κ1) is 24.2. The summed E-state index contributed by atoms with van der Waals surface area (Å²) < 4.78 is 58.4. The molecule has 7 nitrogen and oxygen atoms in total. The van der Waals surface area contributed by atoms with Crippen LogP contribution < -0.4 is 15.2 Å². The number of anilines is 1. The molecule has 0 N–H and O–H groups in total. The Kier molecular flexibility index (Phi) is 7.00. The van der Waals surface area contributed by atoms with Gasteiger partial charge in [0.15, 0.2) is 5.69 Å². The van der Waals surface area contributed by atoms with E-state index in [0.717, 1.165) is 10.6 Å². The molecule has 0 aliphatic carbocycles. The Bertz CT molecular complexity index is 1280. The van der Waals surface area contributed by atoms with E-state index in [-0.39, 0.29) is 23.9 Å². The lowest BCUT2D eigenvalue weighted by molar-refractivity contribution is -0.134. The fraction of sp³-hybridized carbons (Fsp3) is 0.333. The summed E-state index contributed by atoms with van der Waals surface area (Å²) in [6.07, 6.45) is 0.105. The molecular weight excluding hydrogens is 466 g/mol. The van der Waals surface area contributed by atoms with Crippen LogP contribution in [0.25, 0.3) is 10.5 Å². The van der Waals surface area contributed by atoms with Crippen molar-refractivity contribution in [2.75, 3.05) is 18.0 Å². The minimum Gasteiger partial charge on any atom is -0.490 e. The highest BCUT2D eigenvalue weighted by Gasteiger charge is 2.27. The summed E-state index contributed by atoms with van der Waals surface area (Å²) >= 11 is 0. The molecule has 1 aliphatic rings. The van der Waals surface area contributed by atoms with Crippen molar-refractivity contribution in [1.29, 1.82) is 0 Å². The molecule has 0 unspecified atom stereocenters. The van der Waals surface area contributed by atoms with Crippen LogP contribution in [0.2, 0.25) is 0 Å². The zero-order valence-corrected chi connectivity index (χ0v) is 18.5. The summed E-state index contributed by atoms with van der Waals surface area (Å²) in [5, 5.41) is 0. The summed E-state index contributed by atoms with van der Waals surface area (Å²) in [5.74, 6) is 0.151. The number of hydrogen-bond donors (Lipinski definition) is 0. The summed E-state index contributed by atoms with van der Waals surface area (Å²) in [6, 6.07) is 6.77. The van der Waals surface area contributed by atoms with Crippen molar-refractivity contribution in [2.45, 2.75) is 38.0 Å². The third-order valence-electron chi connectivity index (χ3n) is 5.63. The number of alkyl halides is 3. The normalized spacial score (nSPS) is 14.5. The van der Waals surface area contributed by atoms with Crippen molar-refractivity contribution in [1.82, 2.24) is 14.5 Å². The van der Waals surface area contributed by atoms with Gasteiger partial charge in [0.2, 0.25) is 5.95 Å². The number of hydrogen-bond acceptors (Lipinski definition) is 5. The molecule has 1 aliphatic heterocycles. The summed E-state index contributed by atoms with van der Waals surface area (Å²) in [4.78, 5) is 26.0. The van der Waals surface area contributed by atoms with Crippen LogP contribution in [0.15, 0.2) is 53.7 Å². The predicted octanol–water partition coefficient (Wildman–Crippen LogP) is 4.86. The Morgan fingerprint density at radius 3 is 2.43 bits per heavy atom. The largest absolute Gasteiger partial charge is 0.490 e. The topological polar surface area (TPSA) is 64.6 Å². The number of benzene rings is 1. The lowest BCUT2D eigenvalue weighted by Crippen LogP contribution is -2.39. The van der Waals surface area contributed by atoms with Crippen molar-refractivity contribution in [3.63, 3.8) is 0 Å². The Morgan fingerprint density at radius 2 is 1.83 bits per heavy atom. The number of pyridine rings is 1. The smallest absolute Gasteiger partial charge is 0.389 e. The van der Waals surface area contributed by atoms with E-state index in [4.69, 9.17) is 11.3 Å². The van der Waals surface area contributed by atoms with Gasteiger partial charge in [-0.05, 0) is 30.2 Å². The fourth-order valence-electron chi connectivity index (χ4n) is 3.79. The number of rotatable bonds is 6. The van der Waals surface area contributed by atoms with Crippen molar-refractivity contribution in [3.8, 4) is 11.4 Å². The fourth-order valence-corrected chi connectivity index (χ4v) is 3.79. The number of ether oxygens (including phenoxy) is 1. The SMILES string of the molecule is [C-]#[N+]c1ccc(-n2ccc(OC3CCN(c4ncc(CCC(F)(F)F)cn4)CC3)cc2=O)c(F)c1. The Labute approximate surface area is 198 Å². The molecule has 0 saturated carbocycles. The van der Waals surface area contributed by atoms with Crippen molar-refractivity contribution in [3.05, 3.63) is 82.1 Å². The molecule has 1 fully saturated rings. The number of halogens is 4. The lowest BCUT2D eigenvalue weighted by atomic mass is 10.1. The van der Waals surface area contributed by atoms with Crippen LogP contribution in [-0.4, -0.2) is 39.9 Å². The summed E-state index contributed by atoms with van der Waals surface area (Å²) in [5.41, 5.74) is 0.162. The van der Waals surface area contributed by atoms with E-state index < -0.39 is 24.0 Å². The molecule has 2 aromatic heterocycles.